The van der Waals surface area contributed by atoms with Gasteiger partial charge in [-0.25, -0.2) is 0 Å². The number of aldehydes is 1. The molecule has 4 nitrogen and oxygen atoms in total. The van der Waals surface area contributed by atoms with Gasteiger partial charge in [0.25, 0.3) is 0 Å². The van der Waals surface area contributed by atoms with Gasteiger partial charge in [0.05, 0.1) is 12.7 Å². The maximum atomic E-state index is 10.3. The molecule has 1 heterocycles. The average Bonchev–Trinajstić information content (AvgIpc) is 2.55. The topological polar surface area (TPSA) is 55.8 Å². The quantitative estimate of drug-likeness (QED) is 0.469. The van der Waals surface area contributed by atoms with Crippen LogP contribution in [0.4, 0.5) is 0 Å². The summed E-state index contributed by atoms with van der Waals surface area (Å²) in [5, 5.41) is 10.2. The number of phenols is 1. The molecular formula is C19H26O4. The fraction of sp³-hybridized carbons (Fsp3) is 0.526. The fourth-order valence-corrected chi connectivity index (χ4v) is 2.75. The van der Waals surface area contributed by atoms with Crippen molar-refractivity contribution < 1.29 is 19.4 Å². The number of carbonyl (C=O) groups is 1. The van der Waals surface area contributed by atoms with Crippen LogP contribution in [-0.2, 0) is 14.3 Å². The third kappa shape index (κ3) is 4.91. The molecule has 0 amide bonds. The zero-order valence-corrected chi connectivity index (χ0v) is 13.9. The highest BCUT2D eigenvalue weighted by atomic mass is 16.7. The van der Waals surface area contributed by atoms with Gasteiger partial charge in [0.2, 0.25) is 0 Å². The van der Waals surface area contributed by atoms with Crippen molar-refractivity contribution in [3.63, 3.8) is 0 Å². The van der Waals surface area contributed by atoms with Crippen molar-refractivity contribution in [1.82, 2.24) is 0 Å². The third-order valence-corrected chi connectivity index (χ3v) is 4.03. The standard InChI is InChI=1S/C19H26O4/c1-14(2)19-22-13-15(9-5-3-4-8-12-20)18(23-19)16-10-6-7-11-17(16)21/h3,5-7,10-12,14-15,18-19,21H,4,8-9,13H2,1-2H3/b5-3-/t15-,18+,19+/m1/s1. The van der Waals surface area contributed by atoms with E-state index in [2.05, 4.69) is 19.9 Å². The Hall–Kier alpha value is -1.65. The molecule has 1 aromatic rings. The van der Waals surface area contributed by atoms with Crippen LogP contribution in [-0.4, -0.2) is 24.3 Å². The molecule has 0 spiro atoms. The summed E-state index contributed by atoms with van der Waals surface area (Å²) in [5.41, 5.74) is 0.813. The van der Waals surface area contributed by atoms with Crippen LogP contribution in [0, 0.1) is 11.8 Å². The summed E-state index contributed by atoms with van der Waals surface area (Å²) in [6, 6.07) is 7.32. The van der Waals surface area contributed by atoms with Crippen LogP contribution in [0.5, 0.6) is 5.75 Å². The first-order valence-corrected chi connectivity index (χ1v) is 8.27. The minimum atomic E-state index is -0.255. The van der Waals surface area contributed by atoms with E-state index in [0.29, 0.717) is 13.0 Å². The summed E-state index contributed by atoms with van der Waals surface area (Å²) < 4.78 is 12.0. The van der Waals surface area contributed by atoms with E-state index in [0.717, 1.165) is 24.7 Å². The number of carbonyl (C=O) groups excluding carboxylic acids is 1. The van der Waals surface area contributed by atoms with E-state index in [1.807, 2.05) is 24.3 Å². The molecule has 0 unspecified atom stereocenters. The van der Waals surface area contributed by atoms with Gasteiger partial charge in [0.1, 0.15) is 12.0 Å². The molecule has 0 aromatic heterocycles. The average molecular weight is 318 g/mol. The Morgan fingerprint density at radius 1 is 1.26 bits per heavy atom. The summed E-state index contributed by atoms with van der Waals surface area (Å²) in [6.07, 6.45) is 6.68. The number of phenolic OH excluding ortho intramolecular Hbond substituents is 1. The molecule has 23 heavy (non-hydrogen) atoms. The lowest BCUT2D eigenvalue weighted by molar-refractivity contribution is -0.255. The van der Waals surface area contributed by atoms with E-state index < -0.39 is 0 Å². The first-order chi connectivity index (χ1) is 11.1. The lowest BCUT2D eigenvalue weighted by atomic mass is 9.91. The molecule has 1 aliphatic rings. The van der Waals surface area contributed by atoms with Crippen molar-refractivity contribution in [1.29, 1.82) is 0 Å². The Morgan fingerprint density at radius 2 is 2.04 bits per heavy atom. The number of para-hydroxylation sites is 1. The van der Waals surface area contributed by atoms with Crippen molar-refractivity contribution in [2.75, 3.05) is 6.61 Å². The minimum absolute atomic E-state index is 0.144. The first kappa shape index (κ1) is 17.7. The summed E-state index contributed by atoms with van der Waals surface area (Å²) in [6.45, 7) is 4.72. The SMILES string of the molecule is CC(C)[C@H]1OC[C@@H](C/C=C\CCC=O)[C@@H](c2ccccc2O)O1. The molecule has 2 rings (SSSR count). The van der Waals surface area contributed by atoms with Crippen molar-refractivity contribution in [2.24, 2.45) is 11.8 Å². The van der Waals surface area contributed by atoms with E-state index in [9.17, 15) is 9.90 Å². The minimum Gasteiger partial charge on any atom is -0.508 e. The van der Waals surface area contributed by atoms with Crippen molar-refractivity contribution in [2.45, 2.75) is 45.5 Å². The monoisotopic (exact) mass is 318 g/mol. The van der Waals surface area contributed by atoms with E-state index in [1.165, 1.54) is 0 Å². The summed E-state index contributed by atoms with van der Waals surface area (Å²) in [7, 11) is 0. The number of hydrogen-bond donors (Lipinski definition) is 1. The Labute approximate surface area is 138 Å². The second-order valence-electron chi connectivity index (χ2n) is 6.27. The molecule has 4 heteroatoms. The molecule has 3 atom stereocenters. The molecule has 0 saturated carbocycles. The van der Waals surface area contributed by atoms with Gasteiger partial charge in [-0.2, -0.15) is 0 Å². The van der Waals surface area contributed by atoms with Gasteiger partial charge < -0.3 is 19.4 Å². The molecule has 0 bridgehead atoms. The zero-order chi connectivity index (χ0) is 16.7. The molecule has 1 N–H and O–H groups in total. The largest absolute Gasteiger partial charge is 0.508 e. The number of aromatic hydroxyl groups is 1. The molecule has 0 radical (unpaired) electrons. The highest BCUT2D eigenvalue weighted by Crippen LogP contribution is 2.39. The summed E-state index contributed by atoms with van der Waals surface area (Å²) in [5.74, 6) is 0.662. The Kier molecular flexibility index (Phi) is 6.81. The smallest absolute Gasteiger partial charge is 0.160 e. The molecule has 1 aliphatic heterocycles. The number of rotatable bonds is 7. The first-order valence-electron chi connectivity index (χ1n) is 8.27. The van der Waals surface area contributed by atoms with Gasteiger partial charge in [0, 0.05) is 23.8 Å². The molecule has 126 valence electrons. The van der Waals surface area contributed by atoms with Crippen LogP contribution < -0.4 is 0 Å². The lowest BCUT2D eigenvalue weighted by Crippen LogP contribution is -2.37. The predicted molar refractivity (Wildman–Crippen MR) is 89.1 cm³/mol. The highest BCUT2D eigenvalue weighted by Gasteiger charge is 2.34. The molecule has 1 fully saturated rings. The fourth-order valence-electron chi connectivity index (χ4n) is 2.75. The Bertz CT molecular complexity index is 524. The normalized spacial score (nSPS) is 25.1. The van der Waals surface area contributed by atoms with Gasteiger partial charge in [0.15, 0.2) is 6.29 Å². The van der Waals surface area contributed by atoms with Crippen LogP contribution in [0.15, 0.2) is 36.4 Å². The highest BCUT2D eigenvalue weighted by molar-refractivity contribution is 5.49. The maximum absolute atomic E-state index is 10.3. The van der Waals surface area contributed by atoms with Gasteiger partial charge in [-0.05, 0) is 18.9 Å². The summed E-state index contributed by atoms with van der Waals surface area (Å²) in [4.78, 5) is 10.3. The van der Waals surface area contributed by atoms with Crippen LogP contribution in [0.1, 0.15) is 44.8 Å². The molecule has 0 aliphatic carbocycles. The van der Waals surface area contributed by atoms with Crippen molar-refractivity contribution in [3.05, 3.63) is 42.0 Å². The third-order valence-electron chi connectivity index (χ3n) is 4.03. The van der Waals surface area contributed by atoms with Gasteiger partial charge in [-0.15, -0.1) is 0 Å². The summed E-state index contributed by atoms with van der Waals surface area (Å²) >= 11 is 0. The van der Waals surface area contributed by atoms with E-state index in [-0.39, 0.29) is 30.0 Å². The van der Waals surface area contributed by atoms with Crippen LogP contribution in [0.2, 0.25) is 0 Å². The van der Waals surface area contributed by atoms with Gasteiger partial charge >= 0.3 is 0 Å². The number of allylic oxidation sites excluding steroid dienone is 2. The Morgan fingerprint density at radius 3 is 2.74 bits per heavy atom. The number of benzene rings is 1. The lowest BCUT2D eigenvalue weighted by Gasteiger charge is -2.38. The molecular weight excluding hydrogens is 292 g/mol. The second-order valence-corrected chi connectivity index (χ2v) is 6.27. The van der Waals surface area contributed by atoms with E-state index in [4.69, 9.17) is 9.47 Å². The van der Waals surface area contributed by atoms with Crippen LogP contribution in [0.3, 0.4) is 0 Å². The zero-order valence-electron chi connectivity index (χ0n) is 13.9. The van der Waals surface area contributed by atoms with Crippen LogP contribution in [0.25, 0.3) is 0 Å². The van der Waals surface area contributed by atoms with Gasteiger partial charge in [-0.3, -0.25) is 0 Å². The predicted octanol–water partition coefficient (Wildman–Crippen LogP) is 4.00. The maximum Gasteiger partial charge on any atom is 0.160 e. The molecule has 1 aromatic carbocycles. The van der Waals surface area contributed by atoms with Crippen molar-refractivity contribution >= 4 is 6.29 Å². The van der Waals surface area contributed by atoms with E-state index in [1.54, 1.807) is 6.07 Å². The van der Waals surface area contributed by atoms with E-state index >= 15 is 0 Å². The molecule has 1 saturated heterocycles. The number of unbranched alkanes of at least 4 members (excludes halogenated alkanes) is 1. The Balaban J connectivity index is 2.10. The number of hydrogen-bond acceptors (Lipinski definition) is 4. The second kappa shape index (κ2) is 8.85. The number of ether oxygens (including phenoxy) is 2. The van der Waals surface area contributed by atoms with Crippen molar-refractivity contribution in [3.8, 4) is 5.75 Å². The van der Waals surface area contributed by atoms with Gasteiger partial charge in [-0.1, -0.05) is 44.2 Å². The van der Waals surface area contributed by atoms with Crippen LogP contribution >= 0.6 is 0 Å².